The van der Waals surface area contributed by atoms with E-state index in [0.717, 1.165) is 18.8 Å². The Kier molecular flexibility index (Phi) is 3.88. The van der Waals surface area contributed by atoms with Gasteiger partial charge in [0.15, 0.2) is 0 Å². The lowest BCUT2D eigenvalue weighted by Crippen LogP contribution is -2.34. The summed E-state index contributed by atoms with van der Waals surface area (Å²) in [5, 5.41) is 6.65. The molecule has 0 aliphatic heterocycles. The van der Waals surface area contributed by atoms with Crippen LogP contribution in [-0.4, -0.2) is 34.1 Å². The lowest BCUT2D eigenvalue weighted by molar-refractivity contribution is 0.0745. The molecular formula is C11H19N3O. The fourth-order valence-electron chi connectivity index (χ4n) is 1.53. The summed E-state index contributed by atoms with van der Waals surface area (Å²) in [5.41, 5.74) is 1.51. The Hall–Kier alpha value is -1.32. The van der Waals surface area contributed by atoms with Crippen molar-refractivity contribution in [3.05, 3.63) is 17.5 Å². The van der Waals surface area contributed by atoms with E-state index in [9.17, 15) is 4.79 Å². The molecule has 0 aromatic carbocycles. The molecule has 0 spiro atoms. The van der Waals surface area contributed by atoms with E-state index < -0.39 is 0 Å². The van der Waals surface area contributed by atoms with Gasteiger partial charge in [0, 0.05) is 18.8 Å². The summed E-state index contributed by atoms with van der Waals surface area (Å²) < 4.78 is 0. The number of carbonyl (C=O) groups excluding carboxylic acids is 1. The third-order valence-electron chi connectivity index (χ3n) is 2.31. The van der Waals surface area contributed by atoms with Crippen LogP contribution in [-0.2, 0) is 0 Å². The number of rotatable bonds is 4. The summed E-state index contributed by atoms with van der Waals surface area (Å²) in [7, 11) is 0. The molecule has 15 heavy (non-hydrogen) atoms. The summed E-state index contributed by atoms with van der Waals surface area (Å²) >= 11 is 0. The van der Waals surface area contributed by atoms with Gasteiger partial charge in [-0.15, -0.1) is 0 Å². The highest BCUT2D eigenvalue weighted by molar-refractivity contribution is 5.94. The molecule has 0 unspecified atom stereocenters. The molecule has 4 heteroatoms. The first-order valence-corrected chi connectivity index (χ1v) is 5.35. The van der Waals surface area contributed by atoms with Crippen molar-refractivity contribution in [1.29, 1.82) is 0 Å². The van der Waals surface area contributed by atoms with Gasteiger partial charge in [-0.3, -0.25) is 9.89 Å². The summed E-state index contributed by atoms with van der Waals surface area (Å²) in [5.74, 6) is 0.554. The Bertz CT molecular complexity index is 330. The molecule has 0 aliphatic rings. The molecule has 1 heterocycles. The zero-order valence-electron chi connectivity index (χ0n) is 9.87. The van der Waals surface area contributed by atoms with E-state index in [1.54, 1.807) is 6.20 Å². The summed E-state index contributed by atoms with van der Waals surface area (Å²) in [6, 6.07) is 0. The minimum atomic E-state index is 0.0671. The minimum Gasteiger partial charge on any atom is -0.339 e. The van der Waals surface area contributed by atoms with Crippen LogP contribution in [0.15, 0.2) is 6.20 Å². The molecule has 0 fully saturated rings. The predicted molar refractivity (Wildman–Crippen MR) is 59.7 cm³/mol. The van der Waals surface area contributed by atoms with Gasteiger partial charge in [0.1, 0.15) is 0 Å². The molecule has 1 amide bonds. The number of H-pyrrole nitrogens is 1. The Morgan fingerprint density at radius 1 is 1.60 bits per heavy atom. The minimum absolute atomic E-state index is 0.0671. The maximum absolute atomic E-state index is 12.1. The topological polar surface area (TPSA) is 49.0 Å². The molecule has 0 saturated heterocycles. The molecule has 1 N–H and O–H groups in total. The summed E-state index contributed by atoms with van der Waals surface area (Å²) in [6.45, 7) is 9.61. The van der Waals surface area contributed by atoms with Crippen molar-refractivity contribution in [2.24, 2.45) is 5.92 Å². The smallest absolute Gasteiger partial charge is 0.257 e. The highest BCUT2D eigenvalue weighted by Gasteiger charge is 2.18. The van der Waals surface area contributed by atoms with E-state index in [4.69, 9.17) is 0 Å². The monoisotopic (exact) mass is 209 g/mol. The van der Waals surface area contributed by atoms with E-state index in [1.165, 1.54) is 0 Å². The quantitative estimate of drug-likeness (QED) is 0.822. The molecule has 1 aromatic rings. The Labute approximate surface area is 90.7 Å². The standard InChI is InChI=1S/C11H19N3O/c1-5-14(7-8(2)3)11(15)10-6-12-13-9(10)4/h6,8H,5,7H2,1-4H3,(H,12,13). The average molecular weight is 209 g/mol. The van der Waals surface area contributed by atoms with Gasteiger partial charge >= 0.3 is 0 Å². The van der Waals surface area contributed by atoms with Crippen LogP contribution in [0.4, 0.5) is 0 Å². The maximum atomic E-state index is 12.1. The van der Waals surface area contributed by atoms with Crippen LogP contribution < -0.4 is 0 Å². The maximum Gasteiger partial charge on any atom is 0.257 e. The normalized spacial score (nSPS) is 10.7. The SMILES string of the molecule is CCN(CC(C)C)C(=O)c1cn[nH]c1C. The van der Waals surface area contributed by atoms with Crippen LogP contribution in [0, 0.1) is 12.8 Å². The summed E-state index contributed by atoms with van der Waals surface area (Å²) in [4.78, 5) is 13.9. The molecule has 1 rings (SSSR count). The highest BCUT2D eigenvalue weighted by atomic mass is 16.2. The van der Waals surface area contributed by atoms with E-state index in [2.05, 4.69) is 24.0 Å². The van der Waals surface area contributed by atoms with Crippen LogP contribution in [0.2, 0.25) is 0 Å². The molecule has 84 valence electrons. The lowest BCUT2D eigenvalue weighted by Gasteiger charge is -2.22. The second kappa shape index (κ2) is 4.96. The van der Waals surface area contributed by atoms with Gasteiger partial charge in [-0.25, -0.2) is 0 Å². The third-order valence-corrected chi connectivity index (χ3v) is 2.31. The molecule has 0 aliphatic carbocycles. The molecule has 0 atom stereocenters. The molecule has 0 saturated carbocycles. The number of hydrogen-bond donors (Lipinski definition) is 1. The number of amides is 1. The zero-order valence-corrected chi connectivity index (χ0v) is 9.87. The van der Waals surface area contributed by atoms with Crippen molar-refractivity contribution in [2.45, 2.75) is 27.7 Å². The van der Waals surface area contributed by atoms with E-state index >= 15 is 0 Å². The number of aromatic amines is 1. The van der Waals surface area contributed by atoms with Crippen LogP contribution in [0.5, 0.6) is 0 Å². The van der Waals surface area contributed by atoms with E-state index in [-0.39, 0.29) is 5.91 Å². The van der Waals surface area contributed by atoms with Gasteiger partial charge in [-0.2, -0.15) is 5.10 Å². The first-order chi connectivity index (χ1) is 7.06. The van der Waals surface area contributed by atoms with Gasteiger partial charge in [0.05, 0.1) is 11.8 Å². The Morgan fingerprint density at radius 2 is 2.27 bits per heavy atom. The van der Waals surface area contributed by atoms with E-state index in [0.29, 0.717) is 11.5 Å². The lowest BCUT2D eigenvalue weighted by atomic mass is 10.1. The predicted octanol–water partition coefficient (Wildman–Crippen LogP) is 1.84. The van der Waals surface area contributed by atoms with Crippen molar-refractivity contribution in [1.82, 2.24) is 15.1 Å². The second-order valence-electron chi connectivity index (χ2n) is 4.15. The summed E-state index contributed by atoms with van der Waals surface area (Å²) in [6.07, 6.45) is 1.60. The van der Waals surface area contributed by atoms with Gasteiger partial charge < -0.3 is 4.90 Å². The number of nitrogens with one attached hydrogen (secondary N) is 1. The fourth-order valence-corrected chi connectivity index (χ4v) is 1.53. The number of carbonyl (C=O) groups is 1. The molecule has 0 radical (unpaired) electrons. The van der Waals surface area contributed by atoms with Gasteiger partial charge in [0.2, 0.25) is 0 Å². The number of aromatic nitrogens is 2. The van der Waals surface area contributed by atoms with Crippen LogP contribution in [0.3, 0.4) is 0 Å². The van der Waals surface area contributed by atoms with Crippen molar-refractivity contribution in [3.8, 4) is 0 Å². The van der Waals surface area contributed by atoms with Gasteiger partial charge in [-0.05, 0) is 19.8 Å². The van der Waals surface area contributed by atoms with Gasteiger partial charge in [-0.1, -0.05) is 13.8 Å². The fraction of sp³-hybridized carbons (Fsp3) is 0.636. The molecule has 0 bridgehead atoms. The second-order valence-corrected chi connectivity index (χ2v) is 4.15. The Balaban J connectivity index is 2.78. The van der Waals surface area contributed by atoms with E-state index in [1.807, 2.05) is 18.7 Å². The van der Waals surface area contributed by atoms with Crippen molar-refractivity contribution in [2.75, 3.05) is 13.1 Å². The van der Waals surface area contributed by atoms with Crippen molar-refractivity contribution < 1.29 is 4.79 Å². The first kappa shape index (κ1) is 11.8. The molecule has 4 nitrogen and oxygen atoms in total. The Morgan fingerprint density at radius 3 is 2.67 bits per heavy atom. The molecule has 1 aromatic heterocycles. The number of nitrogens with zero attached hydrogens (tertiary/aromatic N) is 2. The van der Waals surface area contributed by atoms with Crippen molar-refractivity contribution >= 4 is 5.91 Å². The van der Waals surface area contributed by atoms with Crippen molar-refractivity contribution in [3.63, 3.8) is 0 Å². The van der Waals surface area contributed by atoms with Crippen LogP contribution in [0.1, 0.15) is 36.8 Å². The van der Waals surface area contributed by atoms with Gasteiger partial charge in [0.25, 0.3) is 5.91 Å². The van der Waals surface area contributed by atoms with Crippen LogP contribution >= 0.6 is 0 Å². The largest absolute Gasteiger partial charge is 0.339 e. The first-order valence-electron chi connectivity index (χ1n) is 5.35. The highest BCUT2D eigenvalue weighted by Crippen LogP contribution is 2.09. The average Bonchev–Trinajstić information content (AvgIpc) is 2.59. The molecular weight excluding hydrogens is 190 g/mol. The third kappa shape index (κ3) is 2.81. The van der Waals surface area contributed by atoms with Crippen LogP contribution in [0.25, 0.3) is 0 Å². The zero-order chi connectivity index (χ0) is 11.4. The number of hydrogen-bond acceptors (Lipinski definition) is 2. The number of aryl methyl sites for hydroxylation is 1.